The number of hydrogen-bond donors (Lipinski definition) is 1. The van der Waals surface area contributed by atoms with Gasteiger partial charge in [0.1, 0.15) is 12.7 Å². The second-order valence-corrected chi connectivity index (χ2v) is 5.68. The van der Waals surface area contributed by atoms with Crippen LogP contribution in [0.25, 0.3) is 0 Å². The van der Waals surface area contributed by atoms with Gasteiger partial charge >= 0.3 is 23.6 Å². The predicted molar refractivity (Wildman–Crippen MR) is 84.5 cm³/mol. The first-order valence-corrected chi connectivity index (χ1v) is 7.77. The van der Waals surface area contributed by atoms with Crippen LogP contribution in [-0.2, 0) is 33.3 Å². The highest BCUT2D eigenvalue weighted by atomic mass is 19.1. The van der Waals surface area contributed by atoms with Crippen LogP contribution >= 0.6 is 0 Å². The summed E-state index contributed by atoms with van der Waals surface area (Å²) in [6.45, 7) is 2.99. The molecule has 4 atom stereocenters. The minimum atomic E-state index is -1.39. The first kappa shape index (κ1) is 20.3. The number of ether oxygens (including phenoxy) is 4. The van der Waals surface area contributed by atoms with E-state index in [1.165, 1.54) is 0 Å². The summed E-state index contributed by atoms with van der Waals surface area (Å²) in [4.78, 5) is 49.4. The summed E-state index contributed by atoms with van der Waals surface area (Å²) in [5.74, 6) is -3.76. The molecule has 11 nitrogen and oxygen atoms in total. The predicted octanol–water partition coefficient (Wildman–Crippen LogP) is -0.711. The monoisotopic (exact) mass is 387 g/mol. The van der Waals surface area contributed by atoms with E-state index in [2.05, 4.69) is 4.98 Å². The first-order chi connectivity index (χ1) is 12.6. The lowest BCUT2D eigenvalue weighted by molar-refractivity contribution is -0.166. The van der Waals surface area contributed by atoms with Crippen molar-refractivity contribution in [3.8, 4) is 0 Å². The second-order valence-electron chi connectivity index (χ2n) is 5.68. The van der Waals surface area contributed by atoms with Gasteiger partial charge in [0.05, 0.1) is 6.20 Å². The highest BCUT2D eigenvalue weighted by Gasteiger charge is 2.51. The largest absolute Gasteiger partial charge is 0.463 e. The van der Waals surface area contributed by atoms with E-state index in [-0.39, 0.29) is 6.61 Å². The smallest absolute Gasteiger partial charge is 0.351 e. The fraction of sp³-hybridized carbons (Fsp3) is 0.533. The maximum absolute atomic E-state index is 13.8. The Hall–Kier alpha value is -3.02. The zero-order valence-electron chi connectivity index (χ0n) is 14.7. The molecule has 1 aliphatic heterocycles. The minimum Gasteiger partial charge on any atom is -0.463 e. The van der Waals surface area contributed by atoms with Crippen molar-refractivity contribution in [3.05, 3.63) is 22.5 Å². The number of nitrogens with zero attached hydrogens (tertiary/aromatic N) is 2. The molecule has 2 rings (SSSR count). The summed E-state index contributed by atoms with van der Waals surface area (Å²) < 4.78 is 35.2. The lowest BCUT2D eigenvalue weighted by Gasteiger charge is -2.23. The van der Waals surface area contributed by atoms with Gasteiger partial charge < -0.3 is 24.7 Å². The van der Waals surface area contributed by atoms with Gasteiger partial charge in [-0.25, -0.2) is 9.18 Å². The summed E-state index contributed by atoms with van der Waals surface area (Å²) in [7, 11) is 0. The van der Waals surface area contributed by atoms with Gasteiger partial charge in [0.25, 0.3) is 0 Å². The normalized spacial score (nSPS) is 24.3. The van der Waals surface area contributed by atoms with E-state index in [1.54, 1.807) is 0 Å². The summed E-state index contributed by atoms with van der Waals surface area (Å²) in [5.41, 5.74) is 4.27. The van der Waals surface area contributed by atoms with Crippen LogP contribution in [0.4, 0.5) is 10.2 Å². The third-order valence-electron chi connectivity index (χ3n) is 3.55. The number of rotatable bonds is 5. The quantitative estimate of drug-likeness (QED) is 0.507. The van der Waals surface area contributed by atoms with Crippen molar-refractivity contribution in [3.63, 3.8) is 0 Å². The maximum atomic E-state index is 13.8. The Balaban J connectivity index is 2.45. The molecule has 0 radical (unpaired) electrons. The molecule has 12 heteroatoms. The summed E-state index contributed by atoms with van der Waals surface area (Å²) in [5, 5.41) is 0. The van der Waals surface area contributed by atoms with Crippen molar-refractivity contribution in [1.29, 1.82) is 0 Å². The SMILES string of the molecule is CC(=O)OC[C@@H]1O[C@@H](n2cc(F)c(N)nc2=O)[C@H](OC(C)=O)[C@@H]1OC(C)=O. The van der Waals surface area contributed by atoms with Crippen LogP contribution in [0.3, 0.4) is 0 Å². The van der Waals surface area contributed by atoms with E-state index in [1.807, 2.05) is 0 Å². The maximum Gasteiger partial charge on any atom is 0.351 e. The molecule has 0 bridgehead atoms. The van der Waals surface area contributed by atoms with Gasteiger partial charge in [-0.1, -0.05) is 0 Å². The van der Waals surface area contributed by atoms with Gasteiger partial charge in [-0.3, -0.25) is 19.0 Å². The molecule has 0 aromatic carbocycles. The highest BCUT2D eigenvalue weighted by molar-refractivity contribution is 5.68. The molecule has 1 aliphatic rings. The van der Waals surface area contributed by atoms with Gasteiger partial charge in [-0.15, -0.1) is 0 Å². The molecular formula is C15H18FN3O8. The van der Waals surface area contributed by atoms with Crippen molar-refractivity contribution in [2.45, 2.75) is 45.3 Å². The fourth-order valence-electron chi connectivity index (χ4n) is 2.56. The Morgan fingerprint density at radius 1 is 1.19 bits per heavy atom. The van der Waals surface area contributed by atoms with Crippen LogP contribution in [0.15, 0.2) is 11.0 Å². The fourth-order valence-corrected chi connectivity index (χ4v) is 2.56. The molecule has 1 aromatic rings. The number of carbonyl (C=O) groups is 3. The van der Waals surface area contributed by atoms with Crippen molar-refractivity contribution < 1.29 is 37.7 Å². The Kier molecular flexibility index (Phi) is 6.10. The van der Waals surface area contributed by atoms with Gasteiger partial charge in [-0.2, -0.15) is 4.98 Å². The van der Waals surface area contributed by atoms with E-state index in [0.717, 1.165) is 27.0 Å². The summed E-state index contributed by atoms with van der Waals surface area (Å²) in [6.07, 6.45) is -4.29. The zero-order valence-corrected chi connectivity index (χ0v) is 14.7. The number of aromatic nitrogens is 2. The number of nitrogens with two attached hydrogens (primary N) is 1. The number of anilines is 1. The minimum absolute atomic E-state index is 0.360. The Labute approximate surface area is 152 Å². The van der Waals surface area contributed by atoms with E-state index < -0.39 is 59.8 Å². The number of nitrogen functional groups attached to an aromatic ring is 1. The third kappa shape index (κ3) is 4.78. The highest BCUT2D eigenvalue weighted by Crippen LogP contribution is 2.33. The lowest BCUT2D eigenvalue weighted by atomic mass is 10.1. The molecule has 1 fully saturated rings. The molecule has 0 spiro atoms. The molecule has 1 saturated heterocycles. The van der Waals surface area contributed by atoms with Crippen LogP contribution in [0.1, 0.15) is 27.0 Å². The van der Waals surface area contributed by atoms with E-state index in [4.69, 9.17) is 24.7 Å². The Bertz CT molecular complexity index is 811. The molecule has 0 amide bonds. The topological polar surface area (TPSA) is 149 Å². The van der Waals surface area contributed by atoms with Crippen molar-refractivity contribution in [2.75, 3.05) is 12.3 Å². The van der Waals surface area contributed by atoms with E-state index in [9.17, 15) is 23.6 Å². The number of esters is 3. The molecule has 148 valence electrons. The zero-order chi connectivity index (χ0) is 20.3. The molecule has 2 N–H and O–H groups in total. The van der Waals surface area contributed by atoms with Crippen LogP contribution in [0.5, 0.6) is 0 Å². The molecule has 1 aromatic heterocycles. The van der Waals surface area contributed by atoms with E-state index in [0.29, 0.717) is 4.57 Å². The summed E-state index contributed by atoms with van der Waals surface area (Å²) >= 11 is 0. The van der Waals surface area contributed by atoms with Gasteiger partial charge in [0, 0.05) is 20.8 Å². The molecule has 0 aliphatic carbocycles. The first-order valence-electron chi connectivity index (χ1n) is 7.77. The van der Waals surface area contributed by atoms with Crippen molar-refractivity contribution in [1.82, 2.24) is 9.55 Å². The number of halogens is 1. The van der Waals surface area contributed by atoms with Crippen LogP contribution in [-0.4, -0.2) is 52.4 Å². The van der Waals surface area contributed by atoms with Gasteiger partial charge in [-0.05, 0) is 0 Å². The molecule has 27 heavy (non-hydrogen) atoms. The van der Waals surface area contributed by atoms with Crippen LogP contribution in [0, 0.1) is 5.82 Å². The van der Waals surface area contributed by atoms with Gasteiger partial charge in [0.15, 0.2) is 30.1 Å². The molecule has 2 heterocycles. The average Bonchev–Trinajstić information content (AvgIpc) is 2.85. The molecule has 0 saturated carbocycles. The van der Waals surface area contributed by atoms with Crippen LogP contribution < -0.4 is 11.4 Å². The molecular weight excluding hydrogens is 369 g/mol. The standard InChI is InChI=1S/C15H18FN3O8/c1-6(20)24-5-10-11(25-7(2)21)12(26-8(3)22)14(27-10)19-4-9(16)13(17)18-15(19)23/h4,10-12,14H,5H2,1-3H3,(H2,17,18,23)/t10-,11+,12+,14+/m0/s1. The van der Waals surface area contributed by atoms with Gasteiger partial charge in [0.2, 0.25) is 0 Å². The Morgan fingerprint density at radius 2 is 1.78 bits per heavy atom. The average molecular weight is 387 g/mol. The third-order valence-corrected chi connectivity index (χ3v) is 3.55. The Morgan fingerprint density at radius 3 is 2.33 bits per heavy atom. The molecule has 0 unspecified atom stereocenters. The number of carbonyl (C=O) groups excluding carboxylic acids is 3. The van der Waals surface area contributed by atoms with E-state index >= 15 is 0 Å². The van der Waals surface area contributed by atoms with Crippen LogP contribution in [0.2, 0.25) is 0 Å². The lowest BCUT2D eigenvalue weighted by Crippen LogP contribution is -2.42. The second kappa shape index (κ2) is 8.12. The van der Waals surface area contributed by atoms with Crippen molar-refractivity contribution in [2.24, 2.45) is 0 Å². The van der Waals surface area contributed by atoms with Crippen molar-refractivity contribution >= 4 is 23.7 Å². The summed E-state index contributed by atoms with van der Waals surface area (Å²) in [6, 6.07) is 0. The number of hydrogen-bond acceptors (Lipinski definition) is 10.